The molecule has 0 aromatic carbocycles. The molecule has 1 heterocycles. The molecule has 0 aliphatic rings. The average Bonchev–Trinajstić information content (AvgIpc) is 2.42. The number of carbonyl (C=O) groups excluding carboxylic acids is 1. The summed E-state index contributed by atoms with van der Waals surface area (Å²) < 4.78 is 0. The largest absolute Gasteiger partial charge is 0.350 e. The Morgan fingerprint density at radius 3 is 2.77 bits per heavy atom. The monoisotopic (exact) mass is 198 g/mol. The standard InChI is InChI=1S/C9H14N2OS/c1-6-3-8(13-7(6)2)5-11-9(12)4-10/h3H,4-5,10H2,1-2H3,(H,11,12). The molecule has 0 radical (unpaired) electrons. The maximum Gasteiger partial charge on any atom is 0.234 e. The van der Waals surface area contributed by atoms with Crippen molar-refractivity contribution in [3.8, 4) is 0 Å². The van der Waals surface area contributed by atoms with Gasteiger partial charge in [0.15, 0.2) is 0 Å². The van der Waals surface area contributed by atoms with E-state index in [0.29, 0.717) is 6.54 Å². The Bertz CT molecular complexity index is 287. The lowest BCUT2D eigenvalue weighted by molar-refractivity contribution is -0.119. The number of nitrogens with two attached hydrogens (primary N) is 1. The van der Waals surface area contributed by atoms with Gasteiger partial charge >= 0.3 is 0 Å². The molecule has 3 N–H and O–H groups in total. The molecule has 0 atom stereocenters. The lowest BCUT2D eigenvalue weighted by Gasteiger charge is -1.99. The smallest absolute Gasteiger partial charge is 0.234 e. The molecule has 13 heavy (non-hydrogen) atoms. The van der Waals surface area contributed by atoms with Crippen molar-refractivity contribution in [1.29, 1.82) is 0 Å². The summed E-state index contributed by atoms with van der Waals surface area (Å²) in [4.78, 5) is 13.3. The molecule has 0 fully saturated rings. The molecule has 1 rings (SSSR count). The van der Waals surface area contributed by atoms with Gasteiger partial charge < -0.3 is 11.1 Å². The van der Waals surface area contributed by atoms with Gasteiger partial charge in [-0.3, -0.25) is 4.79 Å². The van der Waals surface area contributed by atoms with Crippen LogP contribution in [0.15, 0.2) is 6.07 Å². The molecule has 1 amide bonds. The van der Waals surface area contributed by atoms with Gasteiger partial charge in [0.1, 0.15) is 0 Å². The predicted octanol–water partition coefficient (Wildman–Crippen LogP) is 0.940. The molecular formula is C9H14N2OS. The summed E-state index contributed by atoms with van der Waals surface area (Å²) in [7, 11) is 0. The number of hydrogen-bond donors (Lipinski definition) is 2. The van der Waals surface area contributed by atoms with E-state index in [9.17, 15) is 4.79 Å². The quantitative estimate of drug-likeness (QED) is 0.759. The van der Waals surface area contributed by atoms with E-state index in [1.54, 1.807) is 11.3 Å². The molecule has 0 unspecified atom stereocenters. The van der Waals surface area contributed by atoms with Crippen molar-refractivity contribution in [2.45, 2.75) is 20.4 Å². The van der Waals surface area contributed by atoms with E-state index in [4.69, 9.17) is 5.73 Å². The summed E-state index contributed by atoms with van der Waals surface area (Å²) in [5, 5.41) is 2.74. The van der Waals surface area contributed by atoms with Crippen LogP contribution in [0.25, 0.3) is 0 Å². The number of nitrogens with one attached hydrogen (secondary N) is 1. The third-order valence-corrected chi connectivity index (χ3v) is 3.01. The number of carbonyl (C=O) groups is 1. The van der Waals surface area contributed by atoms with E-state index >= 15 is 0 Å². The average molecular weight is 198 g/mol. The zero-order chi connectivity index (χ0) is 9.84. The first-order chi connectivity index (χ1) is 6.13. The number of thiophene rings is 1. The summed E-state index contributed by atoms with van der Waals surface area (Å²) in [5.41, 5.74) is 6.44. The minimum atomic E-state index is -0.108. The van der Waals surface area contributed by atoms with E-state index < -0.39 is 0 Å². The minimum Gasteiger partial charge on any atom is -0.350 e. The first-order valence-electron chi connectivity index (χ1n) is 4.16. The van der Waals surface area contributed by atoms with Crippen molar-refractivity contribution in [3.05, 3.63) is 21.4 Å². The second-order valence-electron chi connectivity index (χ2n) is 2.93. The van der Waals surface area contributed by atoms with E-state index in [1.165, 1.54) is 15.3 Å². The van der Waals surface area contributed by atoms with Crippen molar-refractivity contribution in [1.82, 2.24) is 5.32 Å². The van der Waals surface area contributed by atoms with Crippen LogP contribution in [0.1, 0.15) is 15.3 Å². The fourth-order valence-corrected chi connectivity index (χ4v) is 1.99. The molecule has 72 valence electrons. The maximum absolute atomic E-state index is 10.8. The fourth-order valence-electron chi connectivity index (χ4n) is 0.995. The van der Waals surface area contributed by atoms with Gasteiger partial charge in [-0.15, -0.1) is 11.3 Å². The third kappa shape index (κ3) is 2.82. The second kappa shape index (κ2) is 4.39. The highest BCUT2D eigenvalue weighted by Gasteiger charge is 2.02. The van der Waals surface area contributed by atoms with Gasteiger partial charge in [-0.25, -0.2) is 0 Å². The van der Waals surface area contributed by atoms with E-state index in [1.807, 2.05) is 0 Å². The molecule has 0 aliphatic carbocycles. The number of amides is 1. The van der Waals surface area contributed by atoms with Crippen molar-refractivity contribution in [2.24, 2.45) is 5.73 Å². The Morgan fingerprint density at radius 2 is 2.31 bits per heavy atom. The SMILES string of the molecule is Cc1cc(CNC(=O)CN)sc1C. The molecule has 1 aromatic rings. The van der Waals surface area contributed by atoms with Crippen LogP contribution in [0, 0.1) is 13.8 Å². The van der Waals surface area contributed by atoms with Gasteiger partial charge in [-0.1, -0.05) is 0 Å². The van der Waals surface area contributed by atoms with E-state index in [2.05, 4.69) is 25.2 Å². The van der Waals surface area contributed by atoms with E-state index in [0.717, 1.165) is 0 Å². The van der Waals surface area contributed by atoms with Crippen LogP contribution in [0.5, 0.6) is 0 Å². The van der Waals surface area contributed by atoms with Crippen molar-refractivity contribution in [2.75, 3.05) is 6.54 Å². The summed E-state index contributed by atoms with van der Waals surface area (Å²) in [6, 6.07) is 2.09. The van der Waals surface area contributed by atoms with Gasteiger partial charge in [-0.05, 0) is 25.5 Å². The van der Waals surface area contributed by atoms with Crippen LogP contribution < -0.4 is 11.1 Å². The molecule has 1 aromatic heterocycles. The Balaban J connectivity index is 2.50. The van der Waals surface area contributed by atoms with Crippen LogP contribution in [-0.4, -0.2) is 12.5 Å². The molecule has 3 nitrogen and oxygen atoms in total. The van der Waals surface area contributed by atoms with Crippen LogP contribution in [0.3, 0.4) is 0 Å². The maximum atomic E-state index is 10.8. The molecule has 0 aliphatic heterocycles. The number of hydrogen-bond acceptors (Lipinski definition) is 3. The second-order valence-corrected chi connectivity index (χ2v) is 4.27. The van der Waals surface area contributed by atoms with Crippen LogP contribution in [-0.2, 0) is 11.3 Å². The highest BCUT2D eigenvalue weighted by Crippen LogP contribution is 2.19. The van der Waals surface area contributed by atoms with Gasteiger partial charge in [0.2, 0.25) is 5.91 Å². The zero-order valence-corrected chi connectivity index (χ0v) is 8.70. The topological polar surface area (TPSA) is 55.1 Å². The van der Waals surface area contributed by atoms with Crippen molar-refractivity contribution >= 4 is 17.2 Å². The Labute approximate surface area is 81.9 Å². The number of rotatable bonds is 3. The normalized spacial score (nSPS) is 10.1. The summed E-state index contributed by atoms with van der Waals surface area (Å²) in [6.45, 7) is 4.80. The van der Waals surface area contributed by atoms with E-state index in [-0.39, 0.29) is 12.5 Å². The lowest BCUT2D eigenvalue weighted by Crippen LogP contribution is -2.29. The number of aryl methyl sites for hydroxylation is 2. The molecule has 4 heteroatoms. The van der Waals surface area contributed by atoms with Crippen LogP contribution in [0.2, 0.25) is 0 Å². The first-order valence-corrected chi connectivity index (χ1v) is 4.98. The third-order valence-electron chi connectivity index (χ3n) is 1.86. The summed E-state index contributed by atoms with van der Waals surface area (Å²) in [6.07, 6.45) is 0. The zero-order valence-electron chi connectivity index (χ0n) is 7.89. The molecule has 0 spiro atoms. The first kappa shape index (κ1) is 10.2. The Hall–Kier alpha value is -0.870. The van der Waals surface area contributed by atoms with Gasteiger partial charge in [-0.2, -0.15) is 0 Å². The highest BCUT2D eigenvalue weighted by atomic mass is 32.1. The molecule has 0 saturated carbocycles. The Kier molecular flexibility index (Phi) is 3.45. The van der Waals surface area contributed by atoms with Gasteiger partial charge in [0.25, 0.3) is 0 Å². The summed E-state index contributed by atoms with van der Waals surface area (Å²) in [5.74, 6) is -0.108. The van der Waals surface area contributed by atoms with Gasteiger partial charge in [0.05, 0.1) is 13.1 Å². The minimum absolute atomic E-state index is 0.0589. The van der Waals surface area contributed by atoms with Crippen LogP contribution in [0.4, 0.5) is 0 Å². The molecule has 0 bridgehead atoms. The van der Waals surface area contributed by atoms with Crippen LogP contribution >= 0.6 is 11.3 Å². The van der Waals surface area contributed by atoms with Crippen molar-refractivity contribution in [3.63, 3.8) is 0 Å². The molecule has 0 saturated heterocycles. The predicted molar refractivity (Wildman–Crippen MR) is 54.7 cm³/mol. The van der Waals surface area contributed by atoms with Gasteiger partial charge in [0, 0.05) is 9.75 Å². The highest BCUT2D eigenvalue weighted by molar-refractivity contribution is 7.12. The molecular weight excluding hydrogens is 184 g/mol. The van der Waals surface area contributed by atoms with Crippen molar-refractivity contribution < 1.29 is 4.79 Å². The Morgan fingerprint density at radius 1 is 1.62 bits per heavy atom. The summed E-state index contributed by atoms with van der Waals surface area (Å²) >= 11 is 1.71. The lowest BCUT2D eigenvalue weighted by atomic mass is 10.3. The fraction of sp³-hybridized carbons (Fsp3) is 0.444.